The highest BCUT2D eigenvalue weighted by molar-refractivity contribution is 5.91. The maximum absolute atomic E-state index is 12.3. The van der Waals surface area contributed by atoms with Gasteiger partial charge in [0.05, 0.1) is 12.2 Å². The quantitative estimate of drug-likeness (QED) is 0.923. The first-order chi connectivity index (χ1) is 9.37. The maximum atomic E-state index is 12.3. The Labute approximate surface area is 132 Å². The molecular formula is C14H26ClN5O. The second-order valence-corrected chi connectivity index (χ2v) is 6.79. The zero-order valence-corrected chi connectivity index (χ0v) is 14.1. The molecular weight excluding hydrogens is 290 g/mol. The molecule has 7 heteroatoms. The van der Waals surface area contributed by atoms with Crippen LogP contribution in [-0.2, 0) is 0 Å². The van der Waals surface area contributed by atoms with E-state index in [0.717, 1.165) is 25.9 Å². The van der Waals surface area contributed by atoms with E-state index in [0.29, 0.717) is 18.3 Å². The molecule has 2 heterocycles. The van der Waals surface area contributed by atoms with Gasteiger partial charge in [0.1, 0.15) is 0 Å². The molecule has 1 fully saturated rings. The fourth-order valence-electron chi connectivity index (χ4n) is 2.60. The van der Waals surface area contributed by atoms with Gasteiger partial charge in [-0.25, -0.2) is 4.68 Å². The fraction of sp³-hybridized carbons (Fsp3) is 0.786. The van der Waals surface area contributed by atoms with Gasteiger partial charge in [0, 0.05) is 13.6 Å². The largest absolute Gasteiger partial charge is 0.340 e. The summed E-state index contributed by atoms with van der Waals surface area (Å²) in [5, 5.41) is 11.5. The van der Waals surface area contributed by atoms with Gasteiger partial charge in [-0.05, 0) is 31.3 Å². The molecule has 1 aliphatic heterocycles. The van der Waals surface area contributed by atoms with E-state index < -0.39 is 0 Å². The third kappa shape index (κ3) is 4.97. The Morgan fingerprint density at radius 1 is 1.43 bits per heavy atom. The second kappa shape index (κ2) is 7.22. The van der Waals surface area contributed by atoms with E-state index in [4.69, 9.17) is 0 Å². The van der Waals surface area contributed by atoms with Crippen LogP contribution in [0, 0.1) is 5.41 Å². The average Bonchev–Trinajstić information content (AvgIpc) is 2.86. The number of amides is 1. The molecule has 21 heavy (non-hydrogen) atoms. The lowest BCUT2D eigenvalue weighted by Crippen LogP contribution is -2.34. The first-order valence-corrected chi connectivity index (χ1v) is 7.25. The van der Waals surface area contributed by atoms with E-state index in [-0.39, 0.29) is 23.7 Å². The minimum absolute atomic E-state index is 0. The van der Waals surface area contributed by atoms with Crippen molar-refractivity contribution in [1.29, 1.82) is 0 Å². The Balaban J connectivity index is 0.00000220. The molecule has 1 saturated heterocycles. The molecule has 1 aliphatic rings. The van der Waals surface area contributed by atoms with Crippen molar-refractivity contribution >= 4 is 18.3 Å². The highest BCUT2D eigenvalue weighted by atomic mass is 35.5. The van der Waals surface area contributed by atoms with Crippen LogP contribution in [0.3, 0.4) is 0 Å². The van der Waals surface area contributed by atoms with Gasteiger partial charge < -0.3 is 10.2 Å². The molecule has 0 saturated carbocycles. The van der Waals surface area contributed by atoms with Crippen molar-refractivity contribution in [2.24, 2.45) is 5.41 Å². The Bertz CT molecular complexity index is 462. The third-order valence-electron chi connectivity index (χ3n) is 3.47. The molecule has 0 aliphatic carbocycles. The van der Waals surface area contributed by atoms with Crippen LogP contribution in [0.25, 0.3) is 0 Å². The molecule has 0 spiro atoms. The number of carbonyl (C=O) groups is 1. The number of aromatic nitrogens is 3. The van der Waals surface area contributed by atoms with Crippen LogP contribution >= 0.6 is 12.4 Å². The first-order valence-electron chi connectivity index (χ1n) is 7.25. The summed E-state index contributed by atoms with van der Waals surface area (Å²) in [6, 6.07) is 0.359. The highest BCUT2D eigenvalue weighted by Gasteiger charge is 2.23. The molecule has 6 nitrogen and oxygen atoms in total. The first kappa shape index (κ1) is 17.9. The zero-order valence-electron chi connectivity index (χ0n) is 13.3. The molecule has 1 aromatic heterocycles. The fourth-order valence-corrected chi connectivity index (χ4v) is 2.60. The molecule has 0 atom stereocenters. The Hall–Kier alpha value is -1.14. The van der Waals surface area contributed by atoms with Gasteiger partial charge in [-0.1, -0.05) is 26.0 Å². The number of halogens is 1. The highest BCUT2D eigenvalue weighted by Crippen LogP contribution is 2.18. The van der Waals surface area contributed by atoms with Crippen molar-refractivity contribution < 1.29 is 4.79 Å². The summed E-state index contributed by atoms with van der Waals surface area (Å²) in [6.07, 6.45) is 3.86. The summed E-state index contributed by atoms with van der Waals surface area (Å²) in [4.78, 5) is 14.0. The van der Waals surface area contributed by atoms with Gasteiger partial charge in [0.2, 0.25) is 0 Å². The van der Waals surface area contributed by atoms with E-state index in [1.54, 1.807) is 11.1 Å². The lowest BCUT2D eigenvalue weighted by Gasteiger charge is -2.25. The number of nitrogens with zero attached hydrogens (tertiary/aromatic N) is 4. The molecule has 0 bridgehead atoms. The molecule has 120 valence electrons. The Morgan fingerprint density at radius 3 is 2.62 bits per heavy atom. The Kier molecular flexibility index (Phi) is 6.16. The van der Waals surface area contributed by atoms with Gasteiger partial charge in [-0.15, -0.1) is 17.5 Å². The summed E-state index contributed by atoms with van der Waals surface area (Å²) < 4.78 is 1.85. The molecule has 0 aromatic carbocycles. The van der Waals surface area contributed by atoms with Crippen LogP contribution in [0.4, 0.5) is 0 Å². The van der Waals surface area contributed by atoms with Crippen molar-refractivity contribution in [3.05, 3.63) is 11.9 Å². The number of rotatable bonds is 3. The average molecular weight is 316 g/mol. The number of carbonyl (C=O) groups excluding carboxylic acids is 1. The topological polar surface area (TPSA) is 63.1 Å². The number of hydrogen-bond acceptors (Lipinski definition) is 4. The molecule has 1 amide bonds. The van der Waals surface area contributed by atoms with Crippen LogP contribution in [0.2, 0.25) is 0 Å². The predicted molar refractivity (Wildman–Crippen MR) is 84.8 cm³/mol. The third-order valence-corrected chi connectivity index (χ3v) is 3.47. The lowest BCUT2D eigenvalue weighted by molar-refractivity contribution is 0.0739. The lowest BCUT2D eigenvalue weighted by atomic mass is 9.96. The normalized spacial score (nSPS) is 16.4. The van der Waals surface area contributed by atoms with Gasteiger partial charge >= 0.3 is 0 Å². The summed E-state index contributed by atoms with van der Waals surface area (Å²) in [5.74, 6) is -0.0555. The molecule has 1 aromatic rings. The monoisotopic (exact) mass is 315 g/mol. The van der Waals surface area contributed by atoms with Crippen molar-refractivity contribution in [3.8, 4) is 0 Å². The van der Waals surface area contributed by atoms with Crippen LogP contribution in [-0.4, -0.2) is 52.5 Å². The van der Waals surface area contributed by atoms with Crippen LogP contribution in [0.1, 0.15) is 50.1 Å². The predicted octanol–water partition coefficient (Wildman–Crippen LogP) is 1.74. The number of piperidine rings is 1. The Morgan fingerprint density at radius 2 is 2.05 bits per heavy atom. The van der Waals surface area contributed by atoms with E-state index in [1.807, 2.05) is 11.7 Å². The van der Waals surface area contributed by atoms with Crippen molar-refractivity contribution in [3.63, 3.8) is 0 Å². The summed E-state index contributed by atoms with van der Waals surface area (Å²) in [7, 11) is 1.82. The summed E-state index contributed by atoms with van der Waals surface area (Å²) in [5.41, 5.74) is 0.519. The van der Waals surface area contributed by atoms with Gasteiger partial charge in [0.15, 0.2) is 5.69 Å². The van der Waals surface area contributed by atoms with Crippen LogP contribution in [0.5, 0.6) is 0 Å². The molecule has 2 rings (SSSR count). The van der Waals surface area contributed by atoms with E-state index in [2.05, 4.69) is 36.4 Å². The van der Waals surface area contributed by atoms with Crippen LogP contribution < -0.4 is 5.32 Å². The van der Waals surface area contributed by atoms with Crippen molar-refractivity contribution in [1.82, 2.24) is 25.2 Å². The smallest absolute Gasteiger partial charge is 0.275 e. The standard InChI is InChI=1S/C14H25N5O.ClH/c1-14(2,3)10-18(4)13(20)12-9-19(17-16-12)11-5-7-15-8-6-11;/h9,11,15H,5-8,10H2,1-4H3;1H. The minimum Gasteiger partial charge on any atom is -0.340 e. The number of nitrogens with one attached hydrogen (secondary N) is 1. The number of hydrogen-bond donors (Lipinski definition) is 1. The minimum atomic E-state index is -0.0555. The van der Waals surface area contributed by atoms with Gasteiger partial charge in [-0.3, -0.25) is 4.79 Å². The summed E-state index contributed by atoms with van der Waals surface area (Å²) in [6.45, 7) is 9.04. The summed E-state index contributed by atoms with van der Waals surface area (Å²) >= 11 is 0. The molecule has 0 unspecified atom stereocenters. The van der Waals surface area contributed by atoms with Crippen molar-refractivity contribution in [2.75, 3.05) is 26.7 Å². The maximum Gasteiger partial charge on any atom is 0.275 e. The van der Waals surface area contributed by atoms with Crippen LogP contribution in [0.15, 0.2) is 6.20 Å². The van der Waals surface area contributed by atoms with E-state index >= 15 is 0 Å². The second-order valence-electron chi connectivity index (χ2n) is 6.79. The molecule has 1 N–H and O–H groups in total. The van der Waals surface area contributed by atoms with E-state index in [9.17, 15) is 4.79 Å². The van der Waals surface area contributed by atoms with Gasteiger partial charge in [-0.2, -0.15) is 0 Å². The molecule has 0 radical (unpaired) electrons. The van der Waals surface area contributed by atoms with Crippen molar-refractivity contribution in [2.45, 2.75) is 39.7 Å². The van der Waals surface area contributed by atoms with Gasteiger partial charge in [0.25, 0.3) is 5.91 Å². The zero-order chi connectivity index (χ0) is 14.8. The van der Waals surface area contributed by atoms with E-state index in [1.165, 1.54) is 0 Å². The SMILES string of the molecule is CN(CC(C)(C)C)C(=O)c1cn(C2CCNCC2)nn1.Cl.